The van der Waals surface area contributed by atoms with Crippen LogP contribution in [0.4, 0.5) is 5.69 Å². The van der Waals surface area contributed by atoms with Crippen molar-refractivity contribution in [1.29, 1.82) is 0 Å². The van der Waals surface area contributed by atoms with Crippen LogP contribution < -0.4 is 14.8 Å². The van der Waals surface area contributed by atoms with Crippen molar-refractivity contribution < 1.29 is 9.47 Å². The molecule has 1 saturated carbocycles. The van der Waals surface area contributed by atoms with Gasteiger partial charge in [-0.15, -0.1) is 0 Å². The molecule has 1 N–H and O–H groups in total. The Morgan fingerprint density at radius 2 is 1.75 bits per heavy atom. The topological polar surface area (TPSA) is 30.5 Å². The quantitative estimate of drug-likeness (QED) is 0.890. The molecule has 1 fully saturated rings. The van der Waals surface area contributed by atoms with E-state index in [1.807, 2.05) is 0 Å². The van der Waals surface area contributed by atoms with Crippen molar-refractivity contribution in [3.63, 3.8) is 0 Å². The summed E-state index contributed by atoms with van der Waals surface area (Å²) in [5.41, 5.74) is 2.74. The first-order valence-electron chi connectivity index (χ1n) is 7.52. The van der Waals surface area contributed by atoms with Crippen LogP contribution in [-0.4, -0.2) is 20.3 Å². The minimum atomic E-state index is 0.176. The summed E-state index contributed by atoms with van der Waals surface area (Å²) in [6.45, 7) is 7.10. The molecule has 0 radical (unpaired) electrons. The highest BCUT2D eigenvalue weighted by molar-refractivity contribution is 5.65. The van der Waals surface area contributed by atoms with Crippen LogP contribution in [0, 0.1) is 11.8 Å². The summed E-state index contributed by atoms with van der Waals surface area (Å²) in [7, 11) is 3.40. The number of anilines is 1. The number of methoxy groups -OCH3 is 2. The van der Waals surface area contributed by atoms with Crippen molar-refractivity contribution in [1.82, 2.24) is 0 Å². The Kier molecular flexibility index (Phi) is 3.11. The van der Waals surface area contributed by atoms with Crippen LogP contribution in [0.1, 0.15) is 39.2 Å². The standard InChI is InChI=1S/C17H25NO2/c1-10-6-7-11-16(10)18-13-9-15(20-5)14(19-4)8-12(13)17(11,2)3/h8-11,16,18H,6-7H2,1-5H3/t10-,11+,16+/m1/s1. The fourth-order valence-electron chi connectivity index (χ4n) is 4.16. The summed E-state index contributed by atoms with van der Waals surface area (Å²) < 4.78 is 10.9. The van der Waals surface area contributed by atoms with Gasteiger partial charge in [0.15, 0.2) is 11.5 Å². The molecule has 3 atom stereocenters. The van der Waals surface area contributed by atoms with Crippen molar-refractivity contribution in [2.45, 2.75) is 45.1 Å². The molecule has 1 aliphatic heterocycles. The van der Waals surface area contributed by atoms with Gasteiger partial charge >= 0.3 is 0 Å². The van der Waals surface area contributed by atoms with Gasteiger partial charge in [-0.05, 0) is 41.7 Å². The fraction of sp³-hybridized carbons (Fsp3) is 0.647. The van der Waals surface area contributed by atoms with Crippen LogP contribution >= 0.6 is 0 Å². The average Bonchev–Trinajstić information content (AvgIpc) is 2.80. The highest BCUT2D eigenvalue weighted by Gasteiger charge is 2.47. The number of hydrogen-bond donors (Lipinski definition) is 1. The Hall–Kier alpha value is -1.38. The molecule has 2 aliphatic rings. The van der Waals surface area contributed by atoms with Gasteiger partial charge in [-0.25, -0.2) is 0 Å². The second-order valence-electron chi connectivity index (χ2n) is 6.81. The smallest absolute Gasteiger partial charge is 0.162 e. The molecule has 1 aromatic carbocycles. The van der Waals surface area contributed by atoms with Gasteiger partial charge in [-0.1, -0.05) is 20.8 Å². The van der Waals surface area contributed by atoms with Gasteiger partial charge in [-0.3, -0.25) is 0 Å². The van der Waals surface area contributed by atoms with Crippen molar-refractivity contribution in [2.75, 3.05) is 19.5 Å². The molecule has 20 heavy (non-hydrogen) atoms. The predicted octanol–water partition coefficient (Wildman–Crippen LogP) is 3.82. The van der Waals surface area contributed by atoms with E-state index in [2.05, 4.69) is 38.2 Å². The molecule has 0 bridgehead atoms. The number of fused-ring (bicyclic) bond motifs is 2. The first-order chi connectivity index (χ1) is 9.48. The van der Waals surface area contributed by atoms with E-state index in [1.165, 1.54) is 24.1 Å². The lowest BCUT2D eigenvalue weighted by Crippen LogP contribution is -2.45. The first kappa shape index (κ1) is 13.6. The zero-order chi connectivity index (χ0) is 14.5. The van der Waals surface area contributed by atoms with Crippen molar-refractivity contribution in [2.24, 2.45) is 11.8 Å². The summed E-state index contributed by atoms with van der Waals surface area (Å²) in [6, 6.07) is 4.83. The van der Waals surface area contributed by atoms with E-state index in [4.69, 9.17) is 9.47 Å². The van der Waals surface area contributed by atoms with Crippen LogP contribution in [0.3, 0.4) is 0 Å². The van der Waals surface area contributed by atoms with Gasteiger partial charge in [0.05, 0.1) is 14.2 Å². The van der Waals surface area contributed by atoms with E-state index >= 15 is 0 Å². The third kappa shape index (κ3) is 1.79. The SMILES string of the molecule is COc1cc2c(cc1OC)C(C)(C)[C@H]1CC[C@@H](C)[C@@H]1N2. The maximum Gasteiger partial charge on any atom is 0.162 e. The Bertz CT molecular complexity index is 524. The van der Waals surface area contributed by atoms with Crippen LogP contribution in [0.2, 0.25) is 0 Å². The molecule has 0 unspecified atom stereocenters. The summed E-state index contributed by atoms with van der Waals surface area (Å²) in [5.74, 6) is 3.06. The van der Waals surface area contributed by atoms with Gasteiger partial charge in [0.25, 0.3) is 0 Å². The molecular weight excluding hydrogens is 250 g/mol. The highest BCUT2D eigenvalue weighted by atomic mass is 16.5. The molecule has 1 aromatic rings. The van der Waals surface area contributed by atoms with E-state index in [0.717, 1.165) is 17.4 Å². The van der Waals surface area contributed by atoms with E-state index in [-0.39, 0.29) is 5.41 Å². The average molecular weight is 275 g/mol. The third-order valence-electron chi connectivity index (χ3n) is 5.45. The highest BCUT2D eigenvalue weighted by Crippen LogP contribution is 2.52. The van der Waals surface area contributed by atoms with Crippen molar-refractivity contribution in [3.05, 3.63) is 17.7 Å². The van der Waals surface area contributed by atoms with Gasteiger partial charge in [0.1, 0.15) is 0 Å². The normalized spacial score (nSPS) is 30.1. The first-order valence-corrected chi connectivity index (χ1v) is 7.52. The molecule has 3 nitrogen and oxygen atoms in total. The minimum Gasteiger partial charge on any atom is -0.493 e. The molecule has 110 valence electrons. The zero-order valence-electron chi connectivity index (χ0n) is 13.1. The fourth-order valence-corrected chi connectivity index (χ4v) is 4.16. The zero-order valence-corrected chi connectivity index (χ0v) is 13.1. The summed E-state index contributed by atoms with van der Waals surface area (Å²) >= 11 is 0. The second kappa shape index (κ2) is 4.57. The summed E-state index contributed by atoms with van der Waals surface area (Å²) in [6.07, 6.45) is 2.62. The number of ether oxygens (including phenoxy) is 2. The van der Waals surface area contributed by atoms with Gasteiger partial charge in [0.2, 0.25) is 0 Å². The number of nitrogens with one attached hydrogen (secondary N) is 1. The minimum absolute atomic E-state index is 0.176. The lowest BCUT2D eigenvalue weighted by Gasteiger charge is -2.44. The van der Waals surface area contributed by atoms with E-state index in [1.54, 1.807) is 14.2 Å². The molecule has 3 heteroatoms. The van der Waals surface area contributed by atoms with Crippen molar-refractivity contribution in [3.8, 4) is 11.5 Å². The lowest BCUT2D eigenvalue weighted by molar-refractivity contribution is 0.279. The van der Waals surface area contributed by atoms with Gasteiger partial charge < -0.3 is 14.8 Å². The molecule has 0 aromatic heterocycles. The molecule has 1 heterocycles. The predicted molar refractivity (Wildman–Crippen MR) is 81.9 cm³/mol. The van der Waals surface area contributed by atoms with E-state index in [0.29, 0.717) is 12.0 Å². The lowest BCUT2D eigenvalue weighted by atomic mass is 9.67. The number of rotatable bonds is 2. The van der Waals surface area contributed by atoms with Crippen LogP contribution in [0.15, 0.2) is 12.1 Å². The Morgan fingerprint density at radius 3 is 2.40 bits per heavy atom. The van der Waals surface area contributed by atoms with Gasteiger partial charge in [0, 0.05) is 17.8 Å². The molecule has 0 spiro atoms. The largest absolute Gasteiger partial charge is 0.493 e. The molecule has 0 amide bonds. The third-order valence-corrected chi connectivity index (χ3v) is 5.45. The molecule has 1 aliphatic carbocycles. The Morgan fingerprint density at radius 1 is 1.10 bits per heavy atom. The summed E-state index contributed by atoms with van der Waals surface area (Å²) in [4.78, 5) is 0. The maximum absolute atomic E-state index is 5.48. The molecular formula is C17H25NO2. The van der Waals surface area contributed by atoms with Crippen LogP contribution in [0.25, 0.3) is 0 Å². The Labute approximate surface area is 121 Å². The van der Waals surface area contributed by atoms with E-state index < -0.39 is 0 Å². The van der Waals surface area contributed by atoms with Crippen LogP contribution in [-0.2, 0) is 5.41 Å². The molecule has 0 saturated heterocycles. The van der Waals surface area contributed by atoms with Crippen LogP contribution in [0.5, 0.6) is 11.5 Å². The number of hydrogen-bond acceptors (Lipinski definition) is 3. The number of benzene rings is 1. The summed E-state index contributed by atoms with van der Waals surface area (Å²) in [5, 5.41) is 3.75. The Balaban J connectivity index is 2.12. The van der Waals surface area contributed by atoms with Gasteiger partial charge in [-0.2, -0.15) is 0 Å². The van der Waals surface area contributed by atoms with E-state index in [9.17, 15) is 0 Å². The monoisotopic (exact) mass is 275 g/mol. The molecule has 3 rings (SSSR count). The maximum atomic E-state index is 5.48. The van der Waals surface area contributed by atoms with Crippen molar-refractivity contribution >= 4 is 5.69 Å². The second-order valence-corrected chi connectivity index (χ2v) is 6.81.